The van der Waals surface area contributed by atoms with Gasteiger partial charge in [0.1, 0.15) is 33.7 Å². The lowest BCUT2D eigenvalue weighted by Crippen LogP contribution is -2.64. The summed E-state index contributed by atoms with van der Waals surface area (Å²) in [6.45, 7) is 3.37. The molecule has 5 heterocycles. The molecule has 2 atom stereocenters. The molecule has 1 aromatic carbocycles. The summed E-state index contributed by atoms with van der Waals surface area (Å²) in [6.07, 6.45) is 4.18. The summed E-state index contributed by atoms with van der Waals surface area (Å²) in [5.74, 6) is -0.870. The Labute approximate surface area is 221 Å². The first-order chi connectivity index (χ1) is 18.0. The van der Waals surface area contributed by atoms with Crippen molar-refractivity contribution < 1.29 is 27.4 Å². The number of rotatable bonds is 5. The van der Waals surface area contributed by atoms with Crippen LogP contribution in [0.2, 0.25) is 5.02 Å². The molecule has 0 unspecified atom stereocenters. The van der Waals surface area contributed by atoms with Crippen LogP contribution in [-0.4, -0.2) is 68.3 Å². The normalized spacial score (nSPS) is 19.3. The number of nitrogens with one attached hydrogen (secondary N) is 1. The second-order valence-corrected chi connectivity index (χ2v) is 10.4. The molecular formula is C24H25ClF3N7O3. The van der Waals surface area contributed by atoms with Gasteiger partial charge in [-0.3, -0.25) is 0 Å². The number of amides is 1. The summed E-state index contributed by atoms with van der Waals surface area (Å²) >= 11 is 5.88. The van der Waals surface area contributed by atoms with E-state index in [1.54, 1.807) is 11.1 Å². The Bertz CT molecular complexity index is 1370. The molecule has 0 spiro atoms. The second-order valence-electron chi connectivity index (χ2n) is 10.0. The molecule has 2 bridgehead atoms. The molecule has 6 rings (SSSR count). The van der Waals surface area contributed by atoms with Gasteiger partial charge in [-0.1, -0.05) is 11.6 Å². The number of benzene rings is 1. The van der Waals surface area contributed by atoms with E-state index in [4.69, 9.17) is 16.3 Å². The van der Waals surface area contributed by atoms with Crippen molar-refractivity contribution in [2.45, 2.75) is 57.9 Å². The van der Waals surface area contributed by atoms with E-state index in [9.17, 15) is 18.0 Å². The van der Waals surface area contributed by atoms with E-state index in [0.717, 1.165) is 18.9 Å². The monoisotopic (exact) mass is 551 g/mol. The number of piperazine rings is 1. The van der Waals surface area contributed by atoms with Crippen LogP contribution in [0, 0.1) is 5.82 Å². The number of anilines is 3. The SMILES string of the molecule is CC(C)(C)OC(=O)N1C[C@@H]2CC[C@@H]1CN2c1ncc2ncnc(Nc3ccc(OC(F)F)c(Cl)c3F)c2n1. The maximum absolute atomic E-state index is 14.8. The van der Waals surface area contributed by atoms with E-state index >= 15 is 0 Å². The highest BCUT2D eigenvalue weighted by molar-refractivity contribution is 6.32. The zero-order chi connectivity index (χ0) is 27.2. The summed E-state index contributed by atoms with van der Waals surface area (Å²) in [4.78, 5) is 34.0. The molecule has 1 amide bonds. The quantitative estimate of drug-likeness (QED) is 0.461. The van der Waals surface area contributed by atoms with Crippen molar-refractivity contribution in [3.8, 4) is 5.75 Å². The first-order valence-corrected chi connectivity index (χ1v) is 12.3. The minimum absolute atomic E-state index is 0.00959. The molecule has 1 N–H and O–H groups in total. The van der Waals surface area contributed by atoms with E-state index in [-0.39, 0.29) is 29.7 Å². The molecule has 3 aliphatic heterocycles. The van der Waals surface area contributed by atoms with Crippen molar-refractivity contribution in [3.05, 3.63) is 35.5 Å². The zero-order valence-electron chi connectivity index (χ0n) is 20.8. The molecule has 38 heavy (non-hydrogen) atoms. The van der Waals surface area contributed by atoms with E-state index in [1.165, 1.54) is 12.4 Å². The maximum Gasteiger partial charge on any atom is 0.410 e. The number of piperidine rings is 2. The summed E-state index contributed by atoms with van der Waals surface area (Å²) in [7, 11) is 0. The number of ether oxygens (including phenoxy) is 2. The highest BCUT2D eigenvalue weighted by Crippen LogP contribution is 2.36. The average molecular weight is 552 g/mol. The Morgan fingerprint density at radius 3 is 2.61 bits per heavy atom. The van der Waals surface area contributed by atoms with Crippen molar-refractivity contribution >= 4 is 46.2 Å². The van der Waals surface area contributed by atoms with Gasteiger partial charge < -0.3 is 24.6 Å². The lowest BCUT2D eigenvalue weighted by atomic mass is 9.91. The van der Waals surface area contributed by atoms with Crippen molar-refractivity contribution in [1.82, 2.24) is 24.8 Å². The van der Waals surface area contributed by atoms with E-state index < -0.39 is 28.8 Å². The average Bonchev–Trinajstić information content (AvgIpc) is 2.87. The van der Waals surface area contributed by atoms with Gasteiger partial charge in [-0.2, -0.15) is 8.78 Å². The van der Waals surface area contributed by atoms with Crippen LogP contribution < -0.4 is 15.0 Å². The maximum atomic E-state index is 14.8. The number of halogens is 4. The Morgan fingerprint density at radius 1 is 1.16 bits per heavy atom. The molecule has 3 fully saturated rings. The summed E-state index contributed by atoms with van der Waals surface area (Å²) in [6, 6.07) is 2.28. The van der Waals surface area contributed by atoms with Gasteiger partial charge in [0.2, 0.25) is 5.95 Å². The molecule has 3 aromatic rings. The molecule has 0 saturated carbocycles. The fraction of sp³-hybridized carbons (Fsp3) is 0.458. The van der Waals surface area contributed by atoms with E-state index in [0.29, 0.717) is 30.1 Å². The molecule has 202 valence electrons. The lowest BCUT2D eigenvalue weighted by molar-refractivity contribution is -0.0499. The topological polar surface area (TPSA) is 106 Å². The number of nitrogens with zero attached hydrogens (tertiary/aromatic N) is 6. The lowest BCUT2D eigenvalue weighted by Gasteiger charge is -2.51. The first-order valence-electron chi connectivity index (χ1n) is 11.9. The fourth-order valence-electron chi connectivity index (χ4n) is 4.64. The molecule has 0 radical (unpaired) electrons. The Balaban J connectivity index is 1.40. The van der Waals surface area contributed by atoms with Crippen molar-refractivity contribution in [2.75, 3.05) is 23.3 Å². The molecule has 10 nitrogen and oxygen atoms in total. The summed E-state index contributed by atoms with van der Waals surface area (Å²) in [5.41, 5.74) is 0.0410. The van der Waals surface area contributed by atoms with Crippen molar-refractivity contribution in [1.29, 1.82) is 0 Å². The second kappa shape index (κ2) is 9.93. The van der Waals surface area contributed by atoms with E-state index in [1.807, 2.05) is 25.7 Å². The third-order valence-corrected chi connectivity index (χ3v) is 6.65. The predicted molar refractivity (Wildman–Crippen MR) is 134 cm³/mol. The van der Waals surface area contributed by atoms with Gasteiger partial charge in [0, 0.05) is 19.1 Å². The van der Waals surface area contributed by atoms with Crippen LogP contribution in [0.1, 0.15) is 33.6 Å². The van der Waals surface area contributed by atoms with Crippen LogP contribution in [0.15, 0.2) is 24.7 Å². The number of aromatic nitrogens is 4. The van der Waals surface area contributed by atoms with Gasteiger partial charge in [-0.25, -0.2) is 29.1 Å². The van der Waals surface area contributed by atoms with Crippen LogP contribution in [-0.2, 0) is 4.74 Å². The highest BCUT2D eigenvalue weighted by Gasteiger charge is 2.43. The molecule has 2 aromatic heterocycles. The minimum Gasteiger partial charge on any atom is -0.444 e. The van der Waals surface area contributed by atoms with Crippen LogP contribution in [0.4, 0.5) is 35.4 Å². The van der Waals surface area contributed by atoms with Crippen LogP contribution >= 0.6 is 11.6 Å². The number of carbonyl (C=O) groups is 1. The van der Waals surface area contributed by atoms with Gasteiger partial charge in [0.05, 0.1) is 17.9 Å². The number of carbonyl (C=O) groups excluding carboxylic acids is 1. The van der Waals surface area contributed by atoms with Gasteiger partial charge in [-0.05, 0) is 45.7 Å². The highest BCUT2D eigenvalue weighted by atomic mass is 35.5. The van der Waals surface area contributed by atoms with Crippen LogP contribution in [0.5, 0.6) is 5.75 Å². The third-order valence-electron chi connectivity index (χ3n) is 6.30. The number of hydrogen-bond acceptors (Lipinski definition) is 9. The number of fused-ring (bicyclic) bond motifs is 4. The van der Waals surface area contributed by atoms with Gasteiger partial charge in [-0.15, -0.1) is 0 Å². The molecule has 0 aliphatic carbocycles. The fourth-order valence-corrected chi connectivity index (χ4v) is 4.84. The van der Waals surface area contributed by atoms with Gasteiger partial charge in [0.15, 0.2) is 11.6 Å². The summed E-state index contributed by atoms with van der Waals surface area (Å²) < 4.78 is 49.7. The standard InChI is InChI=1S/C24H25ClF3N7O3/c1-24(2,3)38-23(36)35-10-12-4-5-13(35)9-34(12)22-29-8-15-19(33-22)20(31-11-30-15)32-14-6-7-16(37-21(27)28)17(25)18(14)26/h6-8,11-13,21H,4-5,9-10H2,1-3H3,(H,30,31,32)/t12-,13+/m0/s1. The van der Waals surface area contributed by atoms with Gasteiger partial charge >= 0.3 is 12.7 Å². The predicted octanol–water partition coefficient (Wildman–Crippen LogP) is 5.15. The first kappa shape index (κ1) is 26.0. The summed E-state index contributed by atoms with van der Waals surface area (Å²) in [5, 5.41) is 2.22. The van der Waals surface area contributed by atoms with Crippen LogP contribution in [0.25, 0.3) is 11.0 Å². The molecule has 14 heteroatoms. The Hall–Kier alpha value is -3.61. The van der Waals surface area contributed by atoms with Crippen LogP contribution in [0.3, 0.4) is 0 Å². The third kappa shape index (κ3) is 5.19. The van der Waals surface area contributed by atoms with Crippen molar-refractivity contribution in [3.63, 3.8) is 0 Å². The van der Waals surface area contributed by atoms with Gasteiger partial charge in [0.25, 0.3) is 0 Å². The molecular weight excluding hydrogens is 527 g/mol. The van der Waals surface area contributed by atoms with E-state index in [2.05, 4.69) is 30.0 Å². The smallest absolute Gasteiger partial charge is 0.410 e. The number of alkyl halides is 2. The zero-order valence-corrected chi connectivity index (χ0v) is 21.5. The Kier molecular flexibility index (Phi) is 6.80. The van der Waals surface area contributed by atoms with Crippen molar-refractivity contribution in [2.24, 2.45) is 0 Å². The number of hydrogen-bond donors (Lipinski definition) is 1. The molecule has 3 aliphatic rings. The largest absolute Gasteiger partial charge is 0.444 e. The minimum atomic E-state index is -3.15. The molecule has 3 saturated heterocycles. The Morgan fingerprint density at radius 2 is 1.92 bits per heavy atom.